The first-order valence-electron chi connectivity index (χ1n) is 10.1. The van der Waals surface area contributed by atoms with Gasteiger partial charge in [-0.3, -0.25) is 14.5 Å². The molecule has 1 fully saturated rings. The van der Waals surface area contributed by atoms with Gasteiger partial charge in [0.25, 0.3) is 5.91 Å². The minimum absolute atomic E-state index is 0.390. The standard InChI is InChI=1S/C24H27N3O5/c1-15(2)14-32-18-9-7-17(8-10-18)24(4)22(29)27(23(30)26-24)13-21(28)25-19-12-16(3)6-11-20(19)31-5/h6-12H,1,13-14H2,2-5H3,(H,25,28)(H,26,30). The largest absolute Gasteiger partial charge is 0.495 e. The van der Waals surface area contributed by atoms with Crippen molar-refractivity contribution < 1.29 is 23.9 Å². The molecule has 1 aliphatic rings. The summed E-state index contributed by atoms with van der Waals surface area (Å²) in [6.07, 6.45) is 0. The molecular formula is C24H27N3O5. The lowest BCUT2D eigenvalue weighted by atomic mass is 9.92. The van der Waals surface area contributed by atoms with Crippen molar-refractivity contribution in [3.63, 3.8) is 0 Å². The number of amides is 4. The number of benzene rings is 2. The highest BCUT2D eigenvalue weighted by atomic mass is 16.5. The summed E-state index contributed by atoms with van der Waals surface area (Å²) in [6, 6.07) is 11.6. The van der Waals surface area contributed by atoms with E-state index in [0.29, 0.717) is 29.4 Å². The number of hydrogen-bond acceptors (Lipinski definition) is 5. The fourth-order valence-electron chi connectivity index (χ4n) is 3.38. The van der Waals surface area contributed by atoms with Crippen LogP contribution in [0, 0.1) is 6.92 Å². The lowest BCUT2D eigenvalue weighted by molar-refractivity contribution is -0.133. The third-order valence-electron chi connectivity index (χ3n) is 5.12. The second-order valence-electron chi connectivity index (χ2n) is 7.97. The van der Waals surface area contributed by atoms with Gasteiger partial charge in [-0.25, -0.2) is 4.79 Å². The van der Waals surface area contributed by atoms with Gasteiger partial charge in [-0.1, -0.05) is 24.8 Å². The van der Waals surface area contributed by atoms with E-state index in [-0.39, 0.29) is 0 Å². The molecule has 0 radical (unpaired) electrons. The van der Waals surface area contributed by atoms with Crippen LogP contribution in [-0.2, 0) is 15.1 Å². The Morgan fingerprint density at radius 2 is 1.88 bits per heavy atom. The average molecular weight is 437 g/mol. The Hall–Kier alpha value is -3.81. The molecule has 0 saturated carbocycles. The fraction of sp³-hybridized carbons (Fsp3) is 0.292. The van der Waals surface area contributed by atoms with Crippen LogP contribution in [0.4, 0.5) is 10.5 Å². The molecule has 1 unspecified atom stereocenters. The quantitative estimate of drug-likeness (QED) is 0.488. The summed E-state index contributed by atoms with van der Waals surface area (Å²) in [5, 5.41) is 5.40. The number of carbonyl (C=O) groups excluding carboxylic acids is 3. The molecule has 1 saturated heterocycles. The normalized spacial score (nSPS) is 17.7. The maximum atomic E-state index is 13.1. The molecule has 0 aromatic heterocycles. The molecule has 8 nitrogen and oxygen atoms in total. The van der Waals surface area contributed by atoms with Gasteiger partial charge in [-0.05, 0) is 61.7 Å². The number of aryl methyl sites for hydroxylation is 1. The monoisotopic (exact) mass is 437 g/mol. The molecule has 1 aliphatic heterocycles. The Morgan fingerprint density at radius 3 is 2.50 bits per heavy atom. The molecule has 4 amide bonds. The maximum Gasteiger partial charge on any atom is 0.325 e. The predicted octanol–water partition coefficient (Wildman–Crippen LogP) is 3.36. The van der Waals surface area contributed by atoms with E-state index >= 15 is 0 Å². The van der Waals surface area contributed by atoms with Crippen molar-refractivity contribution >= 4 is 23.5 Å². The van der Waals surface area contributed by atoms with Crippen molar-refractivity contribution in [1.82, 2.24) is 10.2 Å². The second-order valence-corrected chi connectivity index (χ2v) is 7.97. The molecule has 2 aromatic rings. The number of imide groups is 1. The highest BCUT2D eigenvalue weighted by molar-refractivity contribution is 6.10. The summed E-state index contributed by atoms with van der Waals surface area (Å²) in [5.41, 5.74) is 1.58. The van der Waals surface area contributed by atoms with Crippen LogP contribution in [0.25, 0.3) is 0 Å². The number of nitrogens with zero attached hydrogens (tertiary/aromatic N) is 1. The number of hydrogen-bond donors (Lipinski definition) is 2. The SMILES string of the molecule is C=C(C)COc1ccc(C2(C)NC(=O)N(CC(=O)Nc3cc(C)ccc3OC)C2=O)cc1. The lowest BCUT2D eigenvalue weighted by Gasteiger charge is -2.22. The van der Waals surface area contributed by atoms with Crippen LogP contribution in [0.5, 0.6) is 11.5 Å². The summed E-state index contributed by atoms with van der Waals surface area (Å²) in [5.74, 6) is 0.0926. The highest BCUT2D eigenvalue weighted by Gasteiger charge is 2.49. The lowest BCUT2D eigenvalue weighted by Crippen LogP contribution is -2.42. The number of carbonyl (C=O) groups is 3. The van der Waals surface area contributed by atoms with Crippen LogP contribution in [0.3, 0.4) is 0 Å². The highest BCUT2D eigenvalue weighted by Crippen LogP contribution is 2.30. The van der Waals surface area contributed by atoms with Crippen molar-refractivity contribution in [3.05, 3.63) is 65.7 Å². The molecule has 1 atom stereocenters. The van der Waals surface area contributed by atoms with Crippen LogP contribution >= 0.6 is 0 Å². The van der Waals surface area contributed by atoms with Crippen molar-refractivity contribution in [3.8, 4) is 11.5 Å². The number of nitrogens with one attached hydrogen (secondary N) is 2. The average Bonchev–Trinajstić information content (AvgIpc) is 2.96. The van der Waals surface area contributed by atoms with Crippen LogP contribution in [-0.4, -0.2) is 43.0 Å². The molecule has 2 N–H and O–H groups in total. The topological polar surface area (TPSA) is 97.0 Å². The molecule has 0 aliphatic carbocycles. The Bertz CT molecular complexity index is 1060. The van der Waals surface area contributed by atoms with Gasteiger partial charge >= 0.3 is 6.03 Å². The second kappa shape index (κ2) is 9.13. The smallest absolute Gasteiger partial charge is 0.325 e. The summed E-state index contributed by atoms with van der Waals surface area (Å²) >= 11 is 0. The maximum absolute atomic E-state index is 13.1. The van der Waals surface area contributed by atoms with Gasteiger partial charge in [0.05, 0.1) is 12.8 Å². The number of anilines is 1. The Kier molecular flexibility index (Phi) is 6.53. The first-order chi connectivity index (χ1) is 15.1. The van der Waals surface area contributed by atoms with Gasteiger partial charge in [0.1, 0.15) is 30.2 Å². The minimum atomic E-state index is -1.29. The van der Waals surface area contributed by atoms with E-state index in [1.54, 1.807) is 43.3 Å². The molecule has 1 heterocycles. The van der Waals surface area contributed by atoms with Gasteiger partial charge in [0, 0.05) is 0 Å². The van der Waals surface area contributed by atoms with Crippen LogP contribution in [0.15, 0.2) is 54.6 Å². The van der Waals surface area contributed by atoms with E-state index in [1.165, 1.54) is 7.11 Å². The third kappa shape index (κ3) is 4.74. The minimum Gasteiger partial charge on any atom is -0.495 e. The van der Waals surface area contributed by atoms with E-state index in [9.17, 15) is 14.4 Å². The van der Waals surface area contributed by atoms with Crippen LogP contribution in [0.2, 0.25) is 0 Å². The molecule has 0 bridgehead atoms. The molecule has 2 aromatic carbocycles. The van der Waals surface area contributed by atoms with Crippen LogP contribution in [0.1, 0.15) is 25.0 Å². The number of ether oxygens (including phenoxy) is 2. The number of rotatable bonds is 8. The van der Waals surface area contributed by atoms with E-state index < -0.39 is 29.9 Å². The van der Waals surface area contributed by atoms with Gasteiger partial charge in [-0.2, -0.15) is 0 Å². The van der Waals surface area contributed by atoms with Gasteiger partial charge in [0.2, 0.25) is 5.91 Å². The van der Waals surface area contributed by atoms with Gasteiger partial charge in [0.15, 0.2) is 0 Å². The van der Waals surface area contributed by atoms with E-state index in [4.69, 9.17) is 9.47 Å². The summed E-state index contributed by atoms with van der Waals surface area (Å²) in [4.78, 5) is 39.1. The molecule has 8 heteroatoms. The Morgan fingerprint density at radius 1 is 1.19 bits per heavy atom. The fourth-order valence-corrected chi connectivity index (χ4v) is 3.38. The number of urea groups is 1. The Labute approximate surface area is 187 Å². The zero-order valence-corrected chi connectivity index (χ0v) is 18.7. The summed E-state index contributed by atoms with van der Waals surface area (Å²) < 4.78 is 10.8. The van der Waals surface area contributed by atoms with Gasteiger partial charge in [-0.15, -0.1) is 0 Å². The van der Waals surface area contributed by atoms with Crippen molar-refractivity contribution in [1.29, 1.82) is 0 Å². The van der Waals surface area contributed by atoms with Crippen molar-refractivity contribution in [2.75, 3.05) is 25.6 Å². The molecule has 32 heavy (non-hydrogen) atoms. The van der Waals surface area contributed by atoms with Crippen LogP contribution < -0.4 is 20.1 Å². The summed E-state index contributed by atoms with van der Waals surface area (Å²) in [7, 11) is 1.50. The van der Waals surface area contributed by atoms with E-state index in [2.05, 4.69) is 17.2 Å². The zero-order chi connectivity index (χ0) is 23.5. The first kappa shape index (κ1) is 22.9. The zero-order valence-electron chi connectivity index (χ0n) is 18.7. The van der Waals surface area contributed by atoms with E-state index in [0.717, 1.165) is 16.0 Å². The first-order valence-corrected chi connectivity index (χ1v) is 10.1. The molecule has 0 spiro atoms. The predicted molar refractivity (Wildman–Crippen MR) is 121 cm³/mol. The molecule has 3 rings (SSSR count). The Balaban J connectivity index is 1.72. The van der Waals surface area contributed by atoms with Gasteiger partial charge < -0.3 is 20.1 Å². The third-order valence-corrected chi connectivity index (χ3v) is 5.12. The summed E-state index contributed by atoms with van der Waals surface area (Å²) in [6.45, 7) is 9.11. The van der Waals surface area contributed by atoms with Crippen molar-refractivity contribution in [2.45, 2.75) is 26.3 Å². The van der Waals surface area contributed by atoms with Crippen molar-refractivity contribution in [2.24, 2.45) is 0 Å². The van der Waals surface area contributed by atoms with E-state index in [1.807, 2.05) is 19.9 Å². The molecular weight excluding hydrogens is 410 g/mol. The number of methoxy groups -OCH3 is 1. The molecule has 168 valence electrons.